The van der Waals surface area contributed by atoms with Gasteiger partial charge in [0.15, 0.2) is 5.96 Å². The van der Waals surface area contributed by atoms with E-state index in [0.717, 1.165) is 19.0 Å². The second-order valence-corrected chi connectivity index (χ2v) is 5.97. The van der Waals surface area contributed by atoms with Gasteiger partial charge in [-0.3, -0.25) is 4.99 Å². The zero-order valence-corrected chi connectivity index (χ0v) is 12.2. The molecule has 0 aromatic heterocycles. The molecule has 2 rings (SSSR count). The third kappa shape index (κ3) is 3.18. The van der Waals surface area contributed by atoms with Crippen LogP contribution in [0.2, 0.25) is 0 Å². The van der Waals surface area contributed by atoms with Crippen LogP contribution in [0, 0.1) is 5.41 Å². The molecule has 2 aliphatic rings. The minimum absolute atomic E-state index is 0.640. The van der Waals surface area contributed by atoms with Crippen LogP contribution in [0.25, 0.3) is 0 Å². The van der Waals surface area contributed by atoms with Crippen LogP contribution in [0.15, 0.2) is 4.99 Å². The van der Waals surface area contributed by atoms with E-state index in [4.69, 9.17) is 4.99 Å². The van der Waals surface area contributed by atoms with Crippen LogP contribution in [0.1, 0.15) is 58.8 Å². The van der Waals surface area contributed by atoms with E-state index in [2.05, 4.69) is 24.1 Å². The Bertz CT molecular complexity index is 279. The molecule has 1 spiro atoms. The summed E-state index contributed by atoms with van der Waals surface area (Å²) >= 11 is 0. The number of unbranched alkanes of at least 4 members (excludes halogenated alkanes) is 1. The van der Waals surface area contributed by atoms with Crippen molar-refractivity contribution in [3.8, 4) is 0 Å². The van der Waals surface area contributed by atoms with Crippen LogP contribution in [0.4, 0.5) is 0 Å². The van der Waals surface area contributed by atoms with Crippen molar-refractivity contribution in [2.75, 3.05) is 26.2 Å². The van der Waals surface area contributed by atoms with Gasteiger partial charge in [0.2, 0.25) is 0 Å². The maximum absolute atomic E-state index is 4.77. The van der Waals surface area contributed by atoms with E-state index in [1.165, 1.54) is 58.0 Å². The average Bonchev–Trinajstić information content (AvgIpc) is 3.00. The largest absolute Gasteiger partial charge is 0.357 e. The van der Waals surface area contributed by atoms with Crippen LogP contribution in [0.3, 0.4) is 0 Å². The van der Waals surface area contributed by atoms with Gasteiger partial charge in [0.1, 0.15) is 0 Å². The molecular formula is C15H29N3. The molecule has 2 fully saturated rings. The molecule has 3 heteroatoms. The zero-order valence-electron chi connectivity index (χ0n) is 12.2. The third-order valence-electron chi connectivity index (χ3n) is 4.51. The molecular weight excluding hydrogens is 222 g/mol. The normalized spacial score (nSPS) is 23.0. The number of rotatable bonds is 4. The van der Waals surface area contributed by atoms with E-state index < -0.39 is 0 Å². The van der Waals surface area contributed by atoms with Crippen molar-refractivity contribution in [2.24, 2.45) is 10.4 Å². The minimum Gasteiger partial charge on any atom is -0.357 e. The number of nitrogens with one attached hydrogen (secondary N) is 1. The standard InChI is InChI=1S/C15H29N3/c1-3-5-11-17-14(16-4-2)18-12-10-15(13-18)8-6-7-9-15/h3-13H2,1-2H3,(H,16,17). The highest BCUT2D eigenvalue weighted by atomic mass is 15.3. The lowest BCUT2D eigenvalue weighted by Crippen LogP contribution is -2.41. The molecule has 0 unspecified atom stereocenters. The van der Waals surface area contributed by atoms with E-state index in [-0.39, 0.29) is 0 Å². The van der Waals surface area contributed by atoms with Crippen molar-refractivity contribution in [3.05, 3.63) is 0 Å². The lowest BCUT2D eigenvalue weighted by molar-refractivity contribution is 0.309. The fraction of sp³-hybridized carbons (Fsp3) is 0.933. The van der Waals surface area contributed by atoms with Gasteiger partial charge < -0.3 is 10.2 Å². The fourth-order valence-corrected chi connectivity index (χ4v) is 3.42. The molecule has 18 heavy (non-hydrogen) atoms. The predicted molar refractivity (Wildman–Crippen MR) is 78.0 cm³/mol. The molecule has 1 saturated heterocycles. The molecule has 1 aliphatic carbocycles. The Morgan fingerprint density at radius 2 is 2.00 bits per heavy atom. The number of nitrogens with zero attached hydrogens (tertiary/aromatic N) is 2. The highest BCUT2D eigenvalue weighted by molar-refractivity contribution is 5.80. The van der Waals surface area contributed by atoms with Gasteiger partial charge in [-0.15, -0.1) is 0 Å². The van der Waals surface area contributed by atoms with Gasteiger partial charge >= 0.3 is 0 Å². The second-order valence-electron chi connectivity index (χ2n) is 5.97. The molecule has 0 amide bonds. The first-order valence-corrected chi connectivity index (χ1v) is 7.83. The quantitative estimate of drug-likeness (QED) is 0.472. The van der Waals surface area contributed by atoms with E-state index in [1.807, 2.05) is 0 Å². The van der Waals surface area contributed by atoms with Crippen molar-refractivity contribution >= 4 is 5.96 Å². The lowest BCUT2D eigenvalue weighted by atomic mass is 9.86. The number of likely N-dealkylation sites (tertiary alicyclic amines) is 1. The summed E-state index contributed by atoms with van der Waals surface area (Å²) in [5, 5.41) is 3.47. The van der Waals surface area contributed by atoms with Crippen molar-refractivity contribution in [1.29, 1.82) is 0 Å². The highest BCUT2D eigenvalue weighted by Gasteiger charge is 2.40. The van der Waals surface area contributed by atoms with Gasteiger partial charge in [-0.05, 0) is 38.0 Å². The fourth-order valence-electron chi connectivity index (χ4n) is 3.42. The van der Waals surface area contributed by atoms with E-state index in [9.17, 15) is 0 Å². The Balaban J connectivity index is 1.92. The third-order valence-corrected chi connectivity index (χ3v) is 4.51. The number of guanidine groups is 1. The zero-order chi connectivity index (χ0) is 12.8. The highest BCUT2D eigenvalue weighted by Crippen LogP contribution is 2.45. The smallest absolute Gasteiger partial charge is 0.193 e. The summed E-state index contributed by atoms with van der Waals surface area (Å²) in [6.45, 7) is 8.79. The van der Waals surface area contributed by atoms with Crippen LogP contribution in [-0.4, -0.2) is 37.0 Å². The molecule has 0 aromatic rings. The molecule has 1 aliphatic heterocycles. The predicted octanol–water partition coefficient (Wildman–Crippen LogP) is 3.02. The summed E-state index contributed by atoms with van der Waals surface area (Å²) in [4.78, 5) is 7.28. The molecule has 104 valence electrons. The minimum atomic E-state index is 0.640. The summed E-state index contributed by atoms with van der Waals surface area (Å²) in [6, 6.07) is 0. The molecule has 1 heterocycles. The monoisotopic (exact) mass is 251 g/mol. The molecule has 0 aromatic carbocycles. The summed E-state index contributed by atoms with van der Waals surface area (Å²) < 4.78 is 0. The van der Waals surface area contributed by atoms with Crippen LogP contribution >= 0.6 is 0 Å². The Morgan fingerprint density at radius 3 is 2.67 bits per heavy atom. The molecule has 0 radical (unpaired) electrons. The van der Waals surface area contributed by atoms with Gasteiger partial charge in [-0.25, -0.2) is 0 Å². The SMILES string of the molecule is CCCCN=C(NCC)N1CCC2(CCCC2)C1. The van der Waals surface area contributed by atoms with Crippen LogP contribution in [-0.2, 0) is 0 Å². The summed E-state index contributed by atoms with van der Waals surface area (Å²) in [6.07, 6.45) is 9.58. The van der Waals surface area contributed by atoms with E-state index >= 15 is 0 Å². The van der Waals surface area contributed by atoms with Crippen molar-refractivity contribution in [3.63, 3.8) is 0 Å². The molecule has 3 nitrogen and oxygen atoms in total. The molecule has 1 N–H and O–H groups in total. The first-order valence-electron chi connectivity index (χ1n) is 7.83. The van der Waals surface area contributed by atoms with Crippen molar-refractivity contribution in [2.45, 2.75) is 58.8 Å². The lowest BCUT2D eigenvalue weighted by Gasteiger charge is -2.25. The molecule has 0 atom stereocenters. The number of hydrogen-bond acceptors (Lipinski definition) is 1. The number of aliphatic imine (C=N–C) groups is 1. The Hall–Kier alpha value is -0.730. The van der Waals surface area contributed by atoms with Crippen molar-refractivity contribution < 1.29 is 0 Å². The second kappa shape index (κ2) is 6.44. The van der Waals surface area contributed by atoms with Crippen molar-refractivity contribution in [1.82, 2.24) is 10.2 Å². The van der Waals surface area contributed by atoms with E-state index in [1.54, 1.807) is 0 Å². The first-order chi connectivity index (χ1) is 8.79. The Morgan fingerprint density at radius 1 is 1.22 bits per heavy atom. The summed E-state index contributed by atoms with van der Waals surface area (Å²) in [7, 11) is 0. The van der Waals surface area contributed by atoms with Gasteiger partial charge in [0.05, 0.1) is 0 Å². The van der Waals surface area contributed by atoms with E-state index in [0.29, 0.717) is 5.41 Å². The first kappa shape index (κ1) is 13.7. The Labute approximate surface area is 112 Å². The Kier molecular flexibility index (Phi) is 4.90. The topological polar surface area (TPSA) is 27.6 Å². The average molecular weight is 251 g/mol. The maximum atomic E-state index is 4.77. The van der Waals surface area contributed by atoms with Gasteiger partial charge in [-0.1, -0.05) is 26.2 Å². The molecule has 0 bridgehead atoms. The van der Waals surface area contributed by atoms with Gasteiger partial charge in [0, 0.05) is 26.2 Å². The molecule has 1 saturated carbocycles. The summed E-state index contributed by atoms with van der Waals surface area (Å²) in [5.41, 5.74) is 0.640. The van der Waals surface area contributed by atoms with Gasteiger partial charge in [0.25, 0.3) is 0 Å². The van der Waals surface area contributed by atoms with Crippen LogP contribution < -0.4 is 5.32 Å². The van der Waals surface area contributed by atoms with Crippen LogP contribution in [0.5, 0.6) is 0 Å². The summed E-state index contributed by atoms with van der Waals surface area (Å²) in [5.74, 6) is 1.16. The number of hydrogen-bond donors (Lipinski definition) is 1. The van der Waals surface area contributed by atoms with Gasteiger partial charge in [-0.2, -0.15) is 0 Å². The maximum Gasteiger partial charge on any atom is 0.193 e.